The number of ketones is 2. The highest BCUT2D eigenvalue weighted by atomic mass is 16.2. The van der Waals surface area contributed by atoms with Gasteiger partial charge in [0.25, 0.3) is 0 Å². The Balaban J connectivity index is 2.12. The Kier molecular flexibility index (Phi) is 4.29. The quantitative estimate of drug-likeness (QED) is 0.788. The van der Waals surface area contributed by atoms with Crippen molar-refractivity contribution in [1.82, 2.24) is 0 Å². The molecule has 0 aromatic heterocycles. The minimum Gasteiger partial charge on any atom is -0.307 e. The predicted molar refractivity (Wildman–Crippen MR) is 96.3 cm³/mol. The molecule has 0 unspecified atom stereocenters. The SMILES string of the molecule is CC(=O)C(C(C)=O)[C@]1(C)C(=O)N(Cc2ccccc2)c2ccccc21. The highest BCUT2D eigenvalue weighted by molar-refractivity contribution is 6.15. The molecular weight excluding hydrogens is 314 g/mol. The van der Waals surface area contributed by atoms with Gasteiger partial charge in [0.1, 0.15) is 11.6 Å². The Morgan fingerprint density at radius 2 is 1.52 bits per heavy atom. The van der Waals surface area contributed by atoms with E-state index in [1.165, 1.54) is 13.8 Å². The first-order valence-electron chi connectivity index (χ1n) is 8.33. The molecule has 25 heavy (non-hydrogen) atoms. The largest absolute Gasteiger partial charge is 0.307 e. The van der Waals surface area contributed by atoms with Gasteiger partial charge in [0, 0.05) is 5.69 Å². The number of amides is 1. The zero-order valence-electron chi connectivity index (χ0n) is 14.7. The highest BCUT2D eigenvalue weighted by Gasteiger charge is 2.55. The monoisotopic (exact) mass is 335 g/mol. The molecule has 4 nitrogen and oxygen atoms in total. The van der Waals surface area contributed by atoms with Gasteiger partial charge in [-0.15, -0.1) is 0 Å². The molecule has 0 spiro atoms. The van der Waals surface area contributed by atoms with Crippen molar-refractivity contribution in [2.24, 2.45) is 5.92 Å². The van der Waals surface area contributed by atoms with Crippen molar-refractivity contribution in [3.05, 3.63) is 65.7 Å². The molecule has 1 atom stereocenters. The fourth-order valence-electron chi connectivity index (χ4n) is 3.95. The molecule has 2 aromatic carbocycles. The van der Waals surface area contributed by atoms with E-state index in [-0.39, 0.29) is 17.5 Å². The van der Waals surface area contributed by atoms with Crippen molar-refractivity contribution >= 4 is 23.2 Å². The Labute approximate surface area is 147 Å². The summed E-state index contributed by atoms with van der Waals surface area (Å²) in [4.78, 5) is 39.5. The fraction of sp³-hybridized carbons (Fsp3) is 0.286. The van der Waals surface area contributed by atoms with Gasteiger partial charge in [0.2, 0.25) is 5.91 Å². The minimum absolute atomic E-state index is 0.201. The van der Waals surface area contributed by atoms with Crippen LogP contribution in [0.25, 0.3) is 0 Å². The number of benzene rings is 2. The van der Waals surface area contributed by atoms with Gasteiger partial charge in [-0.1, -0.05) is 48.5 Å². The Morgan fingerprint density at radius 1 is 0.960 bits per heavy atom. The molecule has 4 heteroatoms. The van der Waals surface area contributed by atoms with E-state index in [2.05, 4.69) is 0 Å². The first kappa shape index (κ1) is 17.1. The molecule has 2 aromatic rings. The number of para-hydroxylation sites is 1. The zero-order chi connectivity index (χ0) is 18.2. The lowest BCUT2D eigenvalue weighted by Gasteiger charge is -2.30. The van der Waals surface area contributed by atoms with Crippen LogP contribution in [0, 0.1) is 5.92 Å². The number of anilines is 1. The minimum atomic E-state index is -1.16. The average Bonchev–Trinajstić information content (AvgIpc) is 2.78. The maximum atomic E-state index is 13.4. The van der Waals surface area contributed by atoms with E-state index in [4.69, 9.17) is 0 Å². The smallest absolute Gasteiger partial charge is 0.238 e. The van der Waals surface area contributed by atoms with Crippen LogP contribution in [0.4, 0.5) is 5.69 Å². The van der Waals surface area contributed by atoms with Gasteiger partial charge in [0.15, 0.2) is 0 Å². The molecular formula is C21H21NO3. The molecule has 1 aliphatic heterocycles. The van der Waals surface area contributed by atoms with Gasteiger partial charge in [0.05, 0.1) is 17.9 Å². The van der Waals surface area contributed by atoms with E-state index < -0.39 is 11.3 Å². The van der Waals surface area contributed by atoms with Gasteiger partial charge in [-0.3, -0.25) is 14.4 Å². The summed E-state index contributed by atoms with van der Waals surface area (Å²) in [6.45, 7) is 4.89. The maximum Gasteiger partial charge on any atom is 0.238 e. The molecule has 0 radical (unpaired) electrons. The molecule has 1 aliphatic rings. The van der Waals surface area contributed by atoms with Crippen LogP contribution in [0.15, 0.2) is 54.6 Å². The molecule has 128 valence electrons. The van der Waals surface area contributed by atoms with E-state index in [0.717, 1.165) is 16.8 Å². The number of carbonyl (C=O) groups is 3. The molecule has 0 N–H and O–H groups in total. The summed E-state index contributed by atoms with van der Waals surface area (Å²) in [6, 6.07) is 17.1. The number of fused-ring (bicyclic) bond motifs is 1. The van der Waals surface area contributed by atoms with E-state index in [0.29, 0.717) is 6.54 Å². The Bertz CT molecular complexity index is 829. The topological polar surface area (TPSA) is 54.5 Å². The second-order valence-corrected chi connectivity index (χ2v) is 6.75. The summed E-state index contributed by atoms with van der Waals surface area (Å²) in [6.07, 6.45) is 0. The second-order valence-electron chi connectivity index (χ2n) is 6.75. The van der Waals surface area contributed by atoms with Crippen molar-refractivity contribution in [1.29, 1.82) is 0 Å². The van der Waals surface area contributed by atoms with Crippen molar-refractivity contribution in [3.8, 4) is 0 Å². The van der Waals surface area contributed by atoms with Crippen LogP contribution in [0.5, 0.6) is 0 Å². The fourth-order valence-corrected chi connectivity index (χ4v) is 3.95. The number of carbonyl (C=O) groups excluding carboxylic acids is 3. The van der Waals surface area contributed by atoms with Gasteiger partial charge >= 0.3 is 0 Å². The van der Waals surface area contributed by atoms with Crippen molar-refractivity contribution < 1.29 is 14.4 Å². The predicted octanol–water partition coefficient (Wildman–Crippen LogP) is 3.29. The lowest BCUT2D eigenvalue weighted by molar-refractivity contribution is -0.139. The third-order valence-electron chi connectivity index (χ3n) is 5.02. The normalized spacial score (nSPS) is 19.2. The average molecular weight is 335 g/mol. The van der Waals surface area contributed by atoms with Gasteiger partial charge in [-0.2, -0.15) is 0 Å². The molecule has 0 fully saturated rings. The molecule has 0 saturated carbocycles. The lowest BCUT2D eigenvalue weighted by atomic mass is 9.69. The van der Waals surface area contributed by atoms with E-state index in [1.807, 2.05) is 54.6 Å². The van der Waals surface area contributed by atoms with Gasteiger partial charge < -0.3 is 4.90 Å². The van der Waals surface area contributed by atoms with E-state index >= 15 is 0 Å². The van der Waals surface area contributed by atoms with Crippen LogP contribution < -0.4 is 4.90 Å². The van der Waals surface area contributed by atoms with Gasteiger partial charge in [-0.05, 0) is 38.0 Å². The van der Waals surface area contributed by atoms with E-state index in [1.54, 1.807) is 11.8 Å². The number of hydrogen-bond donors (Lipinski definition) is 0. The van der Waals surface area contributed by atoms with E-state index in [9.17, 15) is 14.4 Å². The second kappa shape index (κ2) is 6.28. The summed E-state index contributed by atoms with van der Waals surface area (Å²) >= 11 is 0. The number of rotatable bonds is 5. The number of hydrogen-bond acceptors (Lipinski definition) is 3. The van der Waals surface area contributed by atoms with Crippen LogP contribution in [0.2, 0.25) is 0 Å². The standard InChI is InChI=1S/C21H21NO3/c1-14(23)19(15(2)24)21(3)17-11-7-8-12-18(17)22(20(21)25)13-16-9-5-4-6-10-16/h4-12,19H,13H2,1-3H3/t21-/m1/s1. The van der Waals surface area contributed by atoms with Crippen molar-refractivity contribution in [2.45, 2.75) is 32.7 Å². The highest BCUT2D eigenvalue weighted by Crippen LogP contribution is 2.47. The van der Waals surface area contributed by atoms with Crippen LogP contribution in [-0.4, -0.2) is 17.5 Å². The summed E-state index contributed by atoms with van der Waals surface area (Å²) in [5.74, 6) is -1.73. The molecule has 0 saturated heterocycles. The van der Waals surface area contributed by atoms with Crippen molar-refractivity contribution in [2.75, 3.05) is 4.90 Å². The lowest BCUT2D eigenvalue weighted by Crippen LogP contribution is -2.48. The molecule has 3 rings (SSSR count). The first-order chi connectivity index (χ1) is 11.9. The third kappa shape index (κ3) is 2.68. The molecule has 0 bridgehead atoms. The number of Topliss-reactive ketones (excluding diaryl/α,β-unsaturated/α-hetero) is 2. The van der Waals surface area contributed by atoms with Crippen LogP contribution in [0.1, 0.15) is 31.9 Å². The van der Waals surface area contributed by atoms with Crippen molar-refractivity contribution in [3.63, 3.8) is 0 Å². The van der Waals surface area contributed by atoms with Gasteiger partial charge in [-0.25, -0.2) is 0 Å². The molecule has 1 heterocycles. The summed E-state index contributed by atoms with van der Waals surface area (Å²) in [5, 5.41) is 0. The molecule has 0 aliphatic carbocycles. The Morgan fingerprint density at radius 3 is 2.12 bits per heavy atom. The van der Waals surface area contributed by atoms with Crippen LogP contribution in [-0.2, 0) is 26.3 Å². The first-order valence-corrected chi connectivity index (χ1v) is 8.33. The summed E-state index contributed by atoms with van der Waals surface area (Å²) in [5.41, 5.74) is 1.35. The third-order valence-corrected chi connectivity index (χ3v) is 5.02. The molecule has 1 amide bonds. The Hall–Kier alpha value is -2.75. The van der Waals surface area contributed by atoms with Crippen LogP contribution in [0.3, 0.4) is 0 Å². The van der Waals surface area contributed by atoms with Crippen LogP contribution >= 0.6 is 0 Å². The number of nitrogens with zero attached hydrogens (tertiary/aromatic N) is 1. The summed E-state index contributed by atoms with van der Waals surface area (Å²) in [7, 11) is 0. The maximum absolute atomic E-state index is 13.4. The summed E-state index contributed by atoms with van der Waals surface area (Å²) < 4.78 is 0. The zero-order valence-corrected chi connectivity index (χ0v) is 14.7.